The summed E-state index contributed by atoms with van der Waals surface area (Å²) in [5.41, 5.74) is -3.96. The van der Waals surface area contributed by atoms with Gasteiger partial charge >= 0.3 is 6.18 Å². The van der Waals surface area contributed by atoms with Crippen LogP contribution >= 0.6 is 11.6 Å². The summed E-state index contributed by atoms with van der Waals surface area (Å²) in [5.74, 6) is -0.642. The molecule has 0 bridgehead atoms. The molecule has 0 spiro atoms. The highest BCUT2D eigenvalue weighted by molar-refractivity contribution is 6.32. The Morgan fingerprint density at radius 1 is 1.21 bits per heavy atom. The van der Waals surface area contributed by atoms with Crippen molar-refractivity contribution in [2.24, 2.45) is 5.92 Å². The number of anilines is 1. The Bertz CT molecular complexity index is 1140. The molecule has 0 saturated carbocycles. The van der Waals surface area contributed by atoms with Crippen molar-refractivity contribution in [1.82, 2.24) is 15.2 Å². The maximum Gasteiger partial charge on any atom is 0.430 e. The third kappa shape index (κ3) is 6.50. The lowest BCUT2D eigenvalue weighted by Gasteiger charge is -2.33. The van der Waals surface area contributed by atoms with Crippen molar-refractivity contribution >= 4 is 29.2 Å². The highest BCUT2D eigenvalue weighted by atomic mass is 35.5. The second kappa shape index (κ2) is 12.2. The average molecular weight is 557 g/mol. The minimum Gasteiger partial charge on any atom is -0.497 e. The standard InChI is InChI=1S/C26H32ClF3N4O4/c1-33(2)23(35)20-9-10-21(32-22(20)27)34-14-11-17(12-15-34)6-5-13-31-24(36)25(37,26(28,29)30)18-7-4-8-19(16-18)38-3/h4,7-10,16-17,37H,5-6,11-15H2,1-3H3,(H,31,36)/t25-/m1/s1. The normalized spacial score (nSPS) is 16.1. The van der Waals surface area contributed by atoms with Crippen LogP contribution in [-0.2, 0) is 10.4 Å². The van der Waals surface area contributed by atoms with E-state index in [4.69, 9.17) is 16.3 Å². The number of nitrogens with one attached hydrogen (secondary N) is 1. The van der Waals surface area contributed by atoms with Crippen LogP contribution in [0.2, 0.25) is 5.15 Å². The molecule has 1 atom stereocenters. The number of alkyl halides is 3. The summed E-state index contributed by atoms with van der Waals surface area (Å²) in [6.07, 6.45) is -2.37. The quantitative estimate of drug-likeness (QED) is 0.358. The number of aromatic nitrogens is 1. The number of carbonyl (C=O) groups is 2. The Hall–Kier alpha value is -3.05. The van der Waals surface area contributed by atoms with Gasteiger partial charge in [0.25, 0.3) is 17.4 Å². The van der Waals surface area contributed by atoms with E-state index in [1.165, 1.54) is 24.1 Å². The number of rotatable bonds is 9. The number of methoxy groups -OCH3 is 1. The molecule has 2 amide bonds. The average Bonchev–Trinajstić information content (AvgIpc) is 2.89. The molecule has 2 N–H and O–H groups in total. The smallest absolute Gasteiger partial charge is 0.430 e. The summed E-state index contributed by atoms with van der Waals surface area (Å²) in [6.45, 7) is 1.43. The number of hydrogen-bond acceptors (Lipinski definition) is 6. The van der Waals surface area contributed by atoms with Crippen LogP contribution in [-0.4, -0.2) is 73.8 Å². The van der Waals surface area contributed by atoms with Crippen molar-refractivity contribution in [3.05, 3.63) is 52.7 Å². The molecule has 0 unspecified atom stereocenters. The molecule has 2 heterocycles. The number of hydrogen-bond donors (Lipinski definition) is 2. The maximum absolute atomic E-state index is 13.8. The number of halogens is 4. The zero-order valence-electron chi connectivity index (χ0n) is 21.5. The summed E-state index contributed by atoms with van der Waals surface area (Å²) in [6, 6.07) is 8.18. The number of carbonyl (C=O) groups excluding carboxylic acids is 2. The molecule has 1 saturated heterocycles. The number of nitrogens with zero attached hydrogens (tertiary/aromatic N) is 3. The minimum atomic E-state index is -5.22. The first kappa shape index (κ1) is 29.5. The molecule has 2 aromatic rings. The van der Waals surface area contributed by atoms with Gasteiger partial charge in [-0.25, -0.2) is 4.98 Å². The number of amides is 2. The van der Waals surface area contributed by atoms with Crippen LogP contribution in [0.15, 0.2) is 36.4 Å². The lowest BCUT2D eigenvalue weighted by atomic mass is 9.91. The molecule has 0 radical (unpaired) electrons. The summed E-state index contributed by atoms with van der Waals surface area (Å²) in [7, 11) is 4.56. The maximum atomic E-state index is 13.8. The molecule has 1 aromatic heterocycles. The van der Waals surface area contributed by atoms with Gasteiger partial charge in [0.1, 0.15) is 16.7 Å². The van der Waals surface area contributed by atoms with Gasteiger partial charge in [-0.1, -0.05) is 23.7 Å². The number of ether oxygens (including phenoxy) is 1. The summed E-state index contributed by atoms with van der Waals surface area (Å²) < 4.78 is 46.3. The van der Waals surface area contributed by atoms with Crippen LogP contribution in [0.5, 0.6) is 5.75 Å². The van der Waals surface area contributed by atoms with Gasteiger partial charge in [-0.2, -0.15) is 13.2 Å². The van der Waals surface area contributed by atoms with Gasteiger partial charge in [0.2, 0.25) is 0 Å². The third-order valence-corrected chi connectivity index (χ3v) is 7.00. The predicted molar refractivity (Wildman–Crippen MR) is 137 cm³/mol. The third-order valence-electron chi connectivity index (χ3n) is 6.71. The van der Waals surface area contributed by atoms with Crippen LogP contribution in [0, 0.1) is 5.92 Å². The SMILES string of the molecule is COc1cccc([C@@](O)(C(=O)NCCCC2CCN(c3ccc(C(=O)N(C)C)c(Cl)n3)CC2)C(F)(F)F)c1. The van der Waals surface area contributed by atoms with E-state index in [-0.39, 0.29) is 23.4 Å². The number of pyridine rings is 1. The van der Waals surface area contributed by atoms with Crippen LogP contribution in [0.25, 0.3) is 0 Å². The zero-order valence-corrected chi connectivity index (χ0v) is 22.3. The molecule has 1 fully saturated rings. The highest BCUT2D eigenvalue weighted by Gasteiger charge is 2.60. The molecule has 1 aliphatic rings. The fourth-order valence-corrected chi connectivity index (χ4v) is 4.67. The van der Waals surface area contributed by atoms with Crippen LogP contribution in [0.3, 0.4) is 0 Å². The van der Waals surface area contributed by atoms with Crippen LogP contribution in [0.4, 0.5) is 19.0 Å². The largest absolute Gasteiger partial charge is 0.497 e. The molecule has 12 heteroatoms. The second-order valence-corrected chi connectivity index (χ2v) is 9.83. The van der Waals surface area contributed by atoms with Crippen molar-refractivity contribution in [2.45, 2.75) is 37.5 Å². The van der Waals surface area contributed by atoms with E-state index >= 15 is 0 Å². The molecular weight excluding hydrogens is 525 g/mol. The summed E-state index contributed by atoms with van der Waals surface area (Å²) in [5, 5.41) is 12.9. The molecule has 8 nitrogen and oxygen atoms in total. The summed E-state index contributed by atoms with van der Waals surface area (Å²) in [4.78, 5) is 32.6. The number of piperidine rings is 1. The van der Waals surface area contributed by atoms with Gasteiger partial charge in [-0.05, 0) is 55.9 Å². The molecular formula is C26H32ClF3N4O4. The second-order valence-electron chi connectivity index (χ2n) is 9.48. The van der Waals surface area contributed by atoms with Crippen molar-refractivity contribution in [2.75, 3.05) is 45.7 Å². The molecule has 1 aliphatic heterocycles. The molecule has 1 aromatic carbocycles. The molecule has 208 valence electrons. The number of aliphatic hydroxyl groups is 1. The van der Waals surface area contributed by atoms with Crippen molar-refractivity contribution < 1.29 is 32.6 Å². The zero-order chi connectivity index (χ0) is 28.1. The minimum absolute atomic E-state index is 0.0000643. The Labute approximate surface area is 224 Å². The highest BCUT2D eigenvalue weighted by Crippen LogP contribution is 2.40. The molecule has 3 rings (SSSR count). The topological polar surface area (TPSA) is 95.0 Å². The van der Waals surface area contributed by atoms with Gasteiger partial charge in [-0.3, -0.25) is 9.59 Å². The van der Waals surface area contributed by atoms with E-state index in [0.29, 0.717) is 43.2 Å². The first-order valence-electron chi connectivity index (χ1n) is 12.2. The van der Waals surface area contributed by atoms with Gasteiger partial charge < -0.3 is 25.0 Å². The van der Waals surface area contributed by atoms with Crippen molar-refractivity contribution in [3.8, 4) is 5.75 Å². The lowest BCUT2D eigenvalue weighted by molar-refractivity contribution is -0.257. The van der Waals surface area contributed by atoms with E-state index in [2.05, 4.69) is 15.2 Å². The van der Waals surface area contributed by atoms with E-state index in [9.17, 15) is 27.9 Å². The lowest BCUT2D eigenvalue weighted by Crippen LogP contribution is -2.54. The number of benzene rings is 1. The molecule has 38 heavy (non-hydrogen) atoms. The van der Waals surface area contributed by atoms with Gasteiger partial charge in [0, 0.05) is 39.3 Å². The van der Waals surface area contributed by atoms with Gasteiger partial charge in [0.05, 0.1) is 12.7 Å². The van der Waals surface area contributed by atoms with Crippen LogP contribution in [0.1, 0.15) is 41.6 Å². The van der Waals surface area contributed by atoms with Crippen molar-refractivity contribution in [3.63, 3.8) is 0 Å². The Morgan fingerprint density at radius 2 is 1.89 bits per heavy atom. The Morgan fingerprint density at radius 3 is 2.47 bits per heavy atom. The first-order valence-corrected chi connectivity index (χ1v) is 12.6. The monoisotopic (exact) mass is 556 g/mol. The Kier molecular flexibility index (Phi) is 9.48. The van der Waals surface area contributed by atoms with E-state index < -0.39 is 23.2 Å². The molecule has 0 aliphatic carbocycles. The van der Waals surface area contributed by atoms with Gasteiger partial charge in [-0.15, -0.1) is 0 Å². The van der Waals surface area contributed by atoms with Crippen LogP contribution < -0.4 is 15.0 Å². The Balaban J connectivity index is 1.50. The fraction of sp³-hybridized carbons (Fsp3) is 0.500. The van der Waals surface area contributed by atoms with E-state index in [1.807, 2.05) is 0 Å². The summed E-state index contributed by atoms with van der Waals surface area (Å²) >= 11 is 6.23. The first-order chi connectivity index (χ1) is 17.9. The van der Waals surface area contributed by atoms with E-state index in [0.717, 1.165) is 25.0 Å². The van der Waals surface area contributed by atoms with Crippen molar-refractivity contribution in [1.29, 1.82) is 0 Å². The van der Waals surface area contributed by atoms with E-state index in [1.54, 1.807) is 26.2 Å². The van der Waals surface area contributed by atoms with Gasteiger partial charge in [0.15, 0.2) is 0 Å². The fourth-order valence-electron chi connectivity index (χ4n) is 4.44. The predicted octanol–water partition coefficient (Wildman–Crippen LogP) is 4.01.